The van der Waals surface area contributed by atoms with Crippen LogP contribution in [0.5, 0.6) is 0 Å². The van der Waals surface area contributed by atoms with E-state index in [9.17, 15) is 57.9 Å². The van der Waals surface area contributed by atoms with Gasteiger partial charge in [0.1, 0.15) is 16.4 Å². The molecule has 0 bridgehead atoms. The van der Waals surface area contributed by atoms with Crippen LogP contribution in [0.2, 0.25) is 0 Å². The third-order valence-corrected chi connectivity index (χ3v) is 6.30. The molecule has 4 nitrogen and oxygen atoms in total. The van der Waals surface area contributed by atoms with Crippen LogP contribution in [-0.2, 0) is 9.53 Å². The van der Waals surface area contributed by atoms with E-state index in [1.165, 1.54) is 6.92 Å². The second-order valence-corrected chi connectivity index (χ2v) is 8.45. The molecule has 17 heteroatoms. The fourth-order valence-corrected chi connectivity index (χ4v) is 4.35. The van der Waals surface area contributed by atoms with Crippen molar-refractivity contribution in [2.45, 2.75) is 42.2 Å². The van der Waals surface area contributed by atoms with E-state index < -0.39 is 63.5 Å². The lowest BCUT2D eigenvalue weighted by Crippen LogP contribution is -2.86. The van der Waals surface area contributed by atoms with Gasteiger partial charge in [0.2, 0.25) is 0 Å². The van der Waals surface area contributed by atoms with Crippen molar-refractivity contribution in [3.63, 3.8) is 0 Å². The first-order valence-corrected chi connectivity index (χ1v) is 10.6. The summed E-state index contributed by atoms with van der Waals surface area (Å²) in [6.45, 7) is 0.867. The molecule has 1 fully saturated rings. The molecule has 1 aromatic heterocycles. The van der Waals surface area contributed by atoms with Gasteiger partial charge in [0.25, 0.3) is 5.91 Å². The van der Waals surface area contributed by atoms with Crippen molar-refractivity contribution in [1.29, 1.82) is 0 Å². The molecule has 0 aliphatic heterocycles. The predicted molar refractivity (Wildman–Crippen MR) is 103 cm³/mol. The Hall–Kier alpha value is -2.98. The van der Waals surface area contributed by atoms with E-state index >= 15 is 4.39 Å². The van der Waals surface area contributed by atoms with Gasteiger partial charge < -0.3 is 10.1 Å². The maximum absolute atomic E-state index is 15.0. The summed E-state index contributed by atoms with van der Waals surface area (Å²) in [5.74, 6) is -43.0. The summed E-state index contributed by atoms with van der Waals surface area (Å²) >= 11 is 0.114. The highest BCUT2D eigenvalue weighted by Gasteiger charge is 3.02. The number of hydrogen-bond acceptors (Lipinski definition) is 4. The number of benzene rings is 1. The van der Waals surface area contributed by atoms with Crippen LogP contribution in [-0.4, -0.2) is 53.8 Å². The average Bonchev–Trinajstić information content (AvgIpc) is 3.21. The summed E-state index contributed by atoms with van der Waals surface area (Å²) in [7, 11) is 0. The van der Waals surface area contributed by atoms with E-state index in [-0.39, 0.29) is 29.1 Å². The highest BCUT2D eigenvalue weighted by atomic mass is 32.1. The van der Waals surface area contributed by atoms with Crippen LogP contribution in [0.1, 0.15) is 17.3 Å². The fourth-order valence-electron chi connectivity index (χ4n) is 3.39. The van der Waals surface area contributed by atoms with E-state index in [1.807, 2.05) is 0 Å². The van der Waals surface area contributed by atoms with Gasteiger partial charge in [-0.15, -0.1) is 11.3 Å². The standard InChI is InChI=1S/C20H11F12NO3S/c1-2-36-13(34)11-10(8-3-5-9(21)6-4-8)7-37-12(11)33-14(35)15(22)16(23,24)18(27,28)20(31,32)19(29,30)17(15,25)26/h3-7H,2H2,1H3,(H,33,35). The van der Waals surface area contributed by atoms with Crippen molar-refractivity contribution < 1.29 is 67.0 Å². The first-order valence-electron chi connectivity index (χ1n) is 9.68. The predicted octanol–water partition coefficient (Wildman–Crippen LogP) is 6.57. The molecule has 0 radical (unpaired) electrons. The van der Waals surface area contributed by atoms with Gasteiger partial charge in [-0.2, -0.15) is 43.9 Å². The molecule has 204 valence electrons. The minimum Gasteiger partial charge on any atom is -0.462 e. The summed E-state index contributed by atoms with van der Waals surface area (Å²) in [5.41, 5.74) is -8.15. The number of alkyl halides is 11. The smallest absolute Gasteiger partial charge is 0.384 e. The Morgan fingerprint density at radius 1 is 0.811 bits per heavy atom. The molecular formula is C20H11F12NO3S. The van der Waals surface area contributed by atoms with E-state index in [1.54, 1.807) is 0 Å². The van der Waals surface area contributed by atoms with E-state index in [0.29, 0.717) is 0 Å². The zero-order chi connectivity index (χ0) is 28.4. The number of esters is 1. The quantitative estimate of drug-likeness (QED) is 0.326. The Kier molecular flexibility index (Phi) is 6.59. The number of amides is 1. The van der Waals surface area contributed by atoms with Gasteiger partial charge in [-0.05, 0) is 24.6 Å². The van der Waals surface area contributed by atoms with Crippen LogP contribution < -0.4 is 5.32 Å². The monoisotopic (exact) mass is 573 g/mol. The summed E-state index contributed by atoms with van der Waals surface area (Å²) in [5, 5.41) is 0.716. The van der Waals surface area contributed by atoms with Gasteiger partial charge in [-0.25, -0.2) is 13.6 Å². The van der Waals surface area contributed by atoms with E-state index in [4.69, 9.17) is 0 Å². The molecular weight excluding hydrogens is 562 g/mol. The molecule has 0 saturated heterocycles. The number of hydrogen-bond donors (Lipinski definition) is 1. The Balaban J connectivity index is 2.18. The topological polar surface area (TPSA) is 55.4 Å². The Labute approximate surface area is 202 Å². The number of anilines is 1. The molecule has 3 rings (SSSR count). The molecule has 0 unspecified atom stereocenters. The number of thiophene rings is 1. The minimum atomic E-state index is -7.49. The Bertz CT molecular complexity index is 1200. The SMILES string of the molecule is CCOC(=O)c1c(-c2ccc(F)cc2)csc1NC(=O)C1(F)C(F)(F)C(F)(F)C(F)(F)C(F)(F)C1(F)F. The van der Waals surface area contributed by atoms with Crippen molar-refractivity contribution in [1.82, 2.24) is 0 Å². The number of ether oxygens (including phenoxy) is 1. The molecule has 0 atom stereocenters. The van der Waals surface area contributed by atoms with Crippen LogP contribution in [0.25, 0.3) is 11.1 Å². The molecule has 1 aliphatic rings. The summed E-state index contributed by atoms with van der Waals surface area (Å²) < 4.78 is 171. The van der Waals surface area contributed by atoms with Crippen LogP contribution >= 0.6 is 11.3 Å². The number of nitrogens with one attached hydrogen (secondary N) is 1. The normalized spacial score (nSPS) is 22.2. The van der Waals surface area contributed by atoms with Gasteiger partial charge >= 0.3 is 41.3 Å². The number of carbonyl (C=O) groups excluding carboxylic acids is 2. The van der Waals surface area contributed by atoms with Crippen LogP contribution in [0.3, 0.4) is 0 Å². The lowest BCUT2D eigenvalue weighted by molar-refractivity contribution is -0.475. The average molecular weight is 573 g/mol. The van der Waals surface area contributed by atoms with Crippen molar-refractivity contribution in [3.05, 3.63) is 41.0 Å². The van der Waals surface area contributed by atoms with Crippen molar-refractivity contribution in [3.8, 4) is 11.1 Å². The summed E-state index contributed by atoms with van der Waals surface area (Å²) in [6.07, 6.45) is 0. The van der Waals surface area contributed by atoms with Crippen LogP contribution in [0, 0.1) is 5.82 Å². The molecule has 2 aromatic rings. The Morgan fingerprint density at radius 2 is 1.27 bits per heavy atom. The molecule has 37 heavy (non-hydrogen) atoms. The molecule has 1 aliphatic carbocycles. The van der Waals surface area contributed by atoms with Gasteiger partial charge in [0, 0.05) is 10.9 Å². The lowest BCUT2D eigenvalue weighted by Gasteiger charge is -2.51. The maximum Gasteiger partial charge on any atom is 0.384 e. The van der Waals surface area contributed by atoms with Crippen LogP contribution in [0.4, 0.5) is 57.7 Å². The largest absolute Gasteiger partial charge is 0.462 e. The molecule has 0 spiro atoms. The number of halogens is 12. The molecule has 1 amide bonds. The van der Waals surface area contributed by atoms with E-state index in [2.05, 4.69) is 4.74 Å². The fraction of sp³-hybridized carbons (Fsp3) is 0.400. The van der Waals surface area contributed by atoms with Gasteiger partial charge in [0.15, 0.2) is 0 Å². The first-order chi connectivity index (χ1) is 16.7. The summed E-state index contributed by atoms with van der Waals surface area (Å²) in [6, 6.07) is 3.80. The van der Waals surface area contributed by atoms with Crippen molar-refractivity contribution in [2.75, 3.05) is 11.9 Å². The zero-order valence-corrected chi connectivity index (χ0v) is 18.6. The Morgan fingerprint density at radius 3 is 1.73 bits per heavy atom. The van der Waals surface area contributed by atoms with Crippen molar-refractivity contribution in [2.24, 2.45) is 0 Å². The third kappa shape index (κ3) is 3.52. The van der Waals surface area contributed by atoms with Gasteiger partial charge in [-0.3, -0.25) is 4.79 Å². The van der Waals surface area contributed by atoms with Gasteiger partial charge in [0.05, 0.1) is 6.61 Å². The molecule has 1 N–H and O–H groups in total. The lowest BCUT2D eigenvalue weighted by atomic mass is 9.71. The zero-order valence-electron chi connectivity index (χ0n) is 17.8. The minimum absolute atomic E-state index is 0.0396. The number of rotatable bonds is 5. The van der Waals surface area contributed by atoms with E-state index in [0.717, 1.165) is 35.0 Å². The van der Waals surface area contributed by atoms with Crippen LogP contribution in [0.15, 0.2) is 29.6 Å². The second kappa shape index (κ2) is 8.52. The molecule has 1 saturated carbocycles. The van der Waals surface area contributed by atoms with Crippen molar-refractivity contribution >= 4 is 28.2 Å². The highest BCUT2D eigenvalue weighted by Crippen LogP contribution is 2.69. The highest BCUT2D eigenvalue weighted by molar-refractivity contribution is 7.15. The number of carbonyl (C=O) groups is 2. The summed E-state index contributed by atoms with van der Waals surface area (Å²) in [4.78, 5) is 24.7. The first kappa shape index (κ1) is 28.6. The molecule has 1 heterocycles. The third-order valence-electron chi connectivity index (χ3n) is 5.41. The van der Waals surface area contributed by atoms with Gasteiger partial charge in [-0.1, -0.05) is 12.1 Å². The molecule has 1 aromatic carbocycles. The maximum atomic E-state index is 15.0. The second-order valence-electron chi connectivity index (χ2n) is 7.57.